The van der Waals surface area contributed by atoms with Crippen LogP contribution in [0.15, 0.2) is 41.0 Å². The fourth-order valence-electron chi connectivity index (χ4n) is 2.61. The average molecular weight is 447 g/mol. The number of carbonyl (C=O) groups is 2. The number of methoxy groups -OCH3 is 1. The molecule has 0 saturated heterocycles. The molecule has 0 spiro atoms. The van der Waals surface area contributed by atoms with E-state index < -0.39 is 5.25 Å². The van der Waals surface area contributed by atoms with Crippen LogP contribution in [0.25, 0.3) is 0 Å². The molecule has 2 N–H and O–H groups in total. The summed E-state index contributed by atoms with van der Waals surface area (Å²) in [5.74, 6) is 0.815. The molecule has 0 radical (unpaired) electrons. The van der Waals surface area contributed by atoms with Gasteiger partial charge in [-0.1, -0.05) is 17.8 Å². The Balaban J connectivity index is 1.63. The van der Waals surface area contributed by atoms with Gasteiger partial charge in [0.05, 0.1) is 18.8 Å². The van der Waals surface area contributed by atoms with E-state index in [-0.39, 0.29) is 18.2 Å². The Labute approximate surface area is 182 Å². The predicted molar refractivity (Wildman–Crippen MR) is 117 cm³/mol. The number of carbonyl (C=O) groups excluding carboxylic acids is 2. The highest BCUT2D eigenvalue weighted by Crippen LogP contribution is 2.24. The van der Waals surface area contributed by atoms with Crippen molar-refractivity contribution >= 4 is 45.7 Å². The predicted octanol–water partition coefficient (Wildman–Crippen LogP) is 3.06. The summed E-state index contributed by atoms with van der Waals surface area (Å²) in [5, 5.41) is 16.5. The molecular weight excluding hydrogens is 424 g/mol. The molecule has 2 heterocycles. The largest absolute Gasteiger partial charge is 0.497 e. The van der Waals surface area contributed by atoms with Crippen LogP contribution in [-0.4, -0.2) is 43.9 Å². The molecule has 2 amide bonds. The first-order chi connectivity index (χ1) is 14.5. The Bertz CT molecular complexity index is 1010. The summed E-state index contributed by atoms with van der Waals surface area (Å²) in [7, 11) is 1.57. The molecule has 1 atom stereocenters. The maximum absolute atomic E-state index is 12.5. The number of thiazole rings is 1. The summed E-state index contributed by atoms with van der Waals surface area (Å²) in [6.07, 6.45) is 1.70. The Kier molecular flexibility index (Phi) is 7.41. The van der Waals surface area contributed by atoms with E-state index in [0.29, 0.717) is 34.1 Å². The molecule has 3 rings (SSSR count). The summed E-state index contributed by atoms with van der Waals surface area (Å²) >= 11 is 2.65. The fraction of sp³-hybridized carbons (Fsp3) is 0.316. The maximum atomic E-state index is 12.5. The number of ether oxygens (including phenoxy) is 1. The average Bonchev–Trinajstić information content (AvgIpc) is 3.37. The van der Waals surface area contributed by atoms with Gasteiger partial charge in [0.25, 0.3) is 0 Å². The number of thioether (sulfide) groups is 1. The highest BCUT2D eigenvalue weighted by Gasteiger charge is 2.21. The zero-order valence-corrected chi connectivity index (χ0v) is 18.4. The van der Waals surface area contributed by atoms with Gasteiger partial charge in [0.1, 0.15) is 11.6 Å². The Morgan fingerprint density at radius 2 is 2.13 bits per heavy atom. The van der Waals surface area contributed by atoms with Crippen molar-refractivity contribution < 1.29 is 14.3 Å². The molecular formula is C19H22N6O3S2. The Morgan fingerprint density at radius 1 is 1.30 bits per heavy atom. The van der Waals surface area contributed by atoms with Crippen LogP contribution in [0.1, 0.15) is 19.7 Å². The standard InChI is InChI=1S/C19H22N6O3S2/c1-4-25-15(11-16(26)21-13-6-5-7-14(10-13)28-3)23-24-19(25)30-12(2)17(27)22-18-20-8-9-29-18/h5-10,12H,4,11H2,1-3H3,(H,21,26)(H,20,22,27). The lowest BCUT2D eigenvalue weighted by Crippen LogP contribution is -2.23. The number of anilines is 2. The second-order valence-corrected chi connectivity index (χ2v) is 8.39. The van der Waals surface area contributed by atoms with Crippen molar-refractivity contribution in [2.24, 2.45) is 0 Å². The third kappa shape index (κ3) is 5.57. The van der Waals surface area contributed by atoms with E-state index in [1.54, 1.807) is 49.9 Å². The molecule has 158 valence electrons. The lowest BCUT2D eigenvalue weighted by atomic mass is 10.3. The summed E-state index contributed by atoms with van der Waals surface area (Å²) in [5.41, 5.74) is 0.643. The van der Waals surface area contributed by atoms with Gasteiger partial charge in [0.15, 0.2) is 10.3 Å². The minimum Gasteiger partial charge on any atom is -0.497 e. The first-order valence-corrected chi connectivity index (χ1v) is 11.0. The minimum atomic E-state index is -0.401. The van der Waals surface area contributed by atoms with Gasteiger partial charge in [-0.05, 0) is 26.0 Å². The normalized spacial score (nSPS) is 11.7. The van der Waals surface area contributed by atoms with Gasteiger partial charge in [0.2, 0.25) is 11.8 Å². The molecule has 1 aromatic carbocycles. The van der Waals surface area contributed by atoms with E-state index >= 15 is 0 Å². The third-order valence-electron chi connectivity index (χ3n) is 4.10. The zero-order chi connectivity index (χ0) is 21.5. The number of benzene rings is 1. The van der Waals surface area contributed by atoms with Crippen LogP contribution >= 0.6 is 23.1 Å². The molecule has 0 aliphatic rings. The number of amides is 2. The van der Waals surface area contributed by atoms with E-state index in [1.807, 2.05) is 11.5 Å². The maximum Gasteiger partial charge on any atom is 0.239 e. The summed E-state index contributed by atoms with van der Waals surface area (Å²) < 4.78 is 7.00. The van der Waals surface area contributed by atoms with E-state index in [1.165, 1.54) is 23.1 Å². The van der Waals surface area contributed by atoms with Crippen LogP contribution in [0.2, 0.25) is 0 Å². The molecule has 0 aliphatic heterocycles. The van der Waals surface area contributed by atoms with E-state index in [4.69, 9.17) is 4.74 Å². The van der Waals surface area contributed by atoms with Gasteiger partial charge in [-0.3, -0.25) is 9.59 Å². The summed E-state index contributed by atoms with van der Waals surface area (Å²) in [4.78, 5) is 28.9. The summed E-state index contributed by atoms with van der Waals surface area (Å²) in [6, 6.07) is 7.13. The van der Waals surface area contributed by atoms with Gasteiger partial charge < -0.3 is 19.9 Å². The second-order valence-electron chi connectivity index (χ2n) is 6.19. The van der Waals surface area contributed by atoms with Gasteiger partial charge in [-0.2, -0.15) is 0 Å². The fourth-order valence-corrected chi connectivity index (χ4v) is 4.07. The molecule has 0 fully saturated rings. The molecule has 30 heavy (non-hydrogen) atoms. The molecule has 11 heteroatoms. The number of nitrogens with zero attached hydrogens (tertiary/aromatic N) is 4. The van der Waals surface area contributed by atoms with Crippen LogP contribution in [0.4, 0.5) is 10.8 Å². The first-order valence-electron chi connectivity index (χ1n) is 9.23. The number of nitrogens with one attached hydrogen (secondary N) is 2. The number of hydrogen-bond acceptors (Lipinski definition) is 8. The smallest absolute Gasteiger partial charge is 0.239 e. The molecule has 1 unspecified atom stereocenters. The van der Waals surface area contributed by atoms with Crippen LogP contribution in [0.3, 0.4) is 0 Å². The van der Waals surface area contributed by atoms with Crippen LogP contribution in [0, 0.1) is 0 Å². The lowest BCUT2D eigenvalue weighted by Gasteiger charge is -2.12. The molecule has 3 aromatic rings. The van der Waals surface area contributed by atoms with Gasteiger partial charge >= 0.3 is 0 Å². The third-order valence-corrected chi connectivity index (χ3v) is 5.86. The van der Waals surface area contributed by atoms with Crippen LogP contribution in [0.5, 0.6) is 5.75 Å². The molecule has 9 nitrogen and oxygen atoms in total. The van der Waals surface area contributed by atoms with Gasteiger partial charge in [0, 0.05) is 29.9 Å². The van der Waals surface area contributed by atoms with Crippen LogP contribution in [-0.2, 0) is 22.6 Å². The highest BCUT2D eigenvalue weighted by molar-refractivity contribution is 8.00. The van der Waals surface area contributed by atoms with Crippen LogP contribution < -0.4 is 15.4 Å². The topological polar surface area (TPSA) is 111 Å². The molecule has 0 aliphatic carbocycles. The van der Waals surface area contributed by atoms with E-state index in [9.17, 15) is 9.59 Å². The Morgan fingerprint density at radius 3 is 2.83 bits per heavy atom. The van der Waals surface area contributed by atoms with E-state index in [2.05, 4.69) is 25.8 Å². The number of rotatable bonds is 9. The molecule has 0 saturated carbocycles. The molecule has 0 bridgehead atoms. The Hall–Kier alpha value is -2.92. The van der Waals surface area contributed by atoms with Crippen molar-refractivity contribution in [3.63, 3.8) is 0 Å². The first kappa shape index (κ1) is 21.8. The van der Waals surface area contributed by atoms with Crippen molar-refractivity contribution in [1.82, 2.24) is 19.7 Å². The number of hydrogen-bond donors (Lipinski definition) is 2. The SMILES string of the molecule is CCn1c(CC(=O)Nc2cccc(OC)c2)nnc1SC(C)C(=O)Nc1nccs1. The second kappa shape index (κ2) is 10.2. The quantitative estimate of drug-likeness (QED) is 0.486. The highest BCUT2D eigenvalue weighted by atomic mass is 32.2. The lowest BCUT2D eigenvalue weighted by molar-refractivity contribution is -0.116. The number of aromatic nitrogens is 4. The summed E-state index contributed by atoms with van der Waals surface area (Å²) in [6.45, 7) is 4.31. The van der Waals surface area contributed by atoms with Gasteiger partial charge in [-0.15, -0.1) is 21.5 Å². The van der Waals surface area contributed by atoms with Crippen molar-refractivity contribution in [2.45, 2.75) is 37.2 Å². The monoisotopic (exact) mass is 446 g/mol. The zero-order valence-electron chi connectivity index (χ0n) is 16.8. The van der Waals surface area contributed by atoms with Crippen molar-refractivity contribution in [3.8, 4) is 5.75 Å². The van der Waals surface area contributed by atoms with Crippen molar-refractivity contribution in [3.05, 3.63) is 41.7 Å². The minimum absolute atomic E-state index is 0.0678. The van der Waals surface area contributed by atoms with E-state index in [0.717, 1.165) is 0 Å². The van der Waals surface area contributed by atoms with Crippen molar-refractivity contribution in [2.75, 3.05) is 17.7 Å². The molecule has 2 aromatic heterocycles. The van der Waals surface area contributed by atoms with Gasteiger partial charge in [-0.25, -0.2) is 4.98 Å². The van der Waals surface area contributed by atoms with Crippen molar-refractivity contribution in [1.29, 1.82) is 0 Å².